The van der Waals surface area contributed by atoms with Crippen molar-refractivity contribution in [2.45, 2.75) is 26.1 Å². The summed E-state index contributed by atoms with van der Waals surface area (Å²) in [5, 5.41) is 2.61. The molecule has 0 bridgehead atoms. The van der Waals surface area contributed by atoms with Gasteiger partial charge in [0.2, 0.25) is 5.91 Å². The number of nitrogens with zero attached hydrogens (tertiary/aromatic N) is 2. The Bertz CT molecular complexity index is 868. The predicted molar refractivity (Wildman–Crippen MR) is 108 cm³/mol. The van der Waals surface area contributed by atoms with Crippen LogP contribution < -0.4 is 5.32 Å². The minimum Gasteiger partial charge on any atom is -0.322 e. The molecule has 0 aliphatic carbocycles. The highest BCUT2D eigenvalue weighted by Crippen LogP contribution is 2.29. The molecule has 3 rings (SSSR count). The number of carbonyl (C=O) groups excluding carboxylic acids is 1. The Balaban J connectivity index is 1.49. The summed E-state index contributed by atoms with van der Waals surface area (Å²) < 4.78 is 52.0. The number of halogens is 4. The van der Waals surface area contributed by atoms with E-state index in [1.54, 1.807) is 19.1 Å². The number of aryl methyl sites for hydroxylation is 1. The zero-order valence-corrected chi connectivity index (χ0v) is 16.8. The Kier molecular flexibility index (Phi) is 7.10. The van der Waals surface area contributed by atoms with E-state index >= 15 is 0 Å². The SMILES string of the molecule is Cc1ccc(NC(=O)CN2CCCN(Cc3ccc(C(F)(F)F)cc3)CC2)c(F)c1. The topological polar surface area (TPSA) is 35.6 Å². The highest BCUT2D eigenvalue weighted by molar-refractivity contribution is 5.92. The second-order valence-electron chi connectivity index (χ2n) is 7.63. The summed E-state index contributed by atoms with van der Waals surface area (Å²) in [6.07, 6.45) is -3.49. The first-order chi connectivity index (χ1) is 14.2. The van der Waals surface area contributed by atoms with Crippen LogP contribution in [0.2, 0.25) is 0 Å². The van der Waals surface area contributed by atoms with Gasteiger partial charge in [-0.25, -0.2) is 4.39 Å². The van der Waals surface area contributed by atoms with Gasteiger partial charge in [0, 0.05) is 19.6 Å². The van der Waals surface area contributed by atoms with Crippen molar-refractivity contribution in [3.05, 3.63) is 65.0 Å². The molecule has 0 saturated carbocycles. The van der Waals surface area contributed by atoms with Gasteiger partial charge < -0.3 is 5.32 Å². The number of rotatable bonds is 5. The van der Waals surface area contributed by atoms with E-state index in [0.29, 0.717) is 19.6 Å². The van der Waals surface area contributed by atoms with Gasteiger partial charge in [0.15, 0.2) is 0 Å². The van der Waals surface area contributed by atoms with E-state index in [9.17, 15) is 22.4 Å². The van der Waals surface area contributed by atoms with Crippen LogP contribution in [-0.2, 0) is 17.5 Å². The van der Waals surface area contributed by atoms with Crippen molar-refractivity contribution < 1.29 is 22.4 Å². The minimum absolute atomic E-state index is 0.168. The van der Waals surface area contributed by atoms with Gasteiger partial charge in [-0.3, -0.25) is 14.6 Å². The standard InChI is InChI=1S/C22H25F4N3O/c1-16-3-8-20(19(23)13-16)27-21(30)15-29-10-2-9-28(11-12-29)14-17-4-6-18(7-5-17)22(24,25)26/h3-8,13H,2,9-12,14-15H2,1H3,(H,27,30). The monoisotopic (exact) mass is 423 g/mol. The van der Waals surface area contributed by atoms with Crippen LogP contribution in [0.15, 0.2) is 42.5 Å². The van der Waals surface area contributed by atoms with Crippen molar-refractivity contribution in [1.82, 2.24) is 9.80 Å². The van der Waals surface area contributed by atoms with Crippen molar-refractivity contribution in [2.24, 2.45) is 0 Å². The van der Waals surface area contributed by atoms with E-state index in [2.05, 4.69) is 10.2 Å². The molecule has 2 aromatic rings. The third-order valence-electron chi connectivity index (χ3n) is 5.13. The maximum atomic E-state index is 13.9. The highest BCUT2D eigenvalue weighted by Gasteiger charge is 2.30. The van der Waals surface area contributed by atoms with Crippen LogP contribution in [0.25, 0.3) is 0 Å². The molecule has 1 aliphatic heterocycles. The number of anilines is 1. The second-order valence-corrected chi connectivity index (χ2v) is 7.63. The third kappa shape index (κ3) is 6.27. The molecule has 1 N–H and O–H groups in total. The molecule has 1 aliphatic rings. The van der Waals surface area contributed by atoms with Crippen LogP contribution in [0.1, 0.15) is 23.1 Å². The van der Waals surface area contributed by atoms with Crippen LogP contribution in [0.5, 0.6) is 0 Å². The molecule has 1 heterocycles. The summed E-state index contributed by atoms with van der Waals surface area (Å²) in [4.78, 5) is 16.5. The van der Waals surface area contributed by atoms with Gasteiger partial charge in [0.05, 0.1) is 17.8 Å². The molecule has 4 nitrogen and oxygen atoms in total. The van der Waals surface area contributed by atoms with Crippen molar-refractivity contribution >= 4 is 11.6 Å². The molecule has 0 aromatic heterocycles. The molecule has 0 radical (unpaired) electrons. The van der Waals surface area contributed by atoms with E-state index in [1.807, 2.05) is 4.90 Å². The first-order valence-corrected chi connectivity index (χ1v) is 9.87. The average molecular weight is 423 g/mol. The smallest absolute Gasteiger partial charge is 0.322 e. The lowest BCUT2D eigenvalue weighted by Crippen LogP contribution is -2.36. The molecule has 1 fully saturated rings. The van der Waals surface area contributed by atoms with E-state index in [-0.39, 0.29) is 18.1 Å². The summed E-state index contributed by atoms with van der Waals surface area (Å²) in [5.74, 6) is -0.726. The predicted octanol–water partition coefficient (Wildman–Crippen LogP) is 4.30. The fraction of sp³-hybridized carbons (Fsp3) is 0.409. The van der Waals surface area contributed by atoms with Crippen LogP contribution in [0.4, 0.5) is 23.2 Å². The molecule has 0 unspecified atom stereocenters. The molecular weight excluding hydrogens is 398 g/mol. The molecule has 0 atom stereocenters. The van der Waals surface area contributed by atoms with Crippen molar-refractivity contribution in [3.8, 4) is 0 Å². The normalized spacial score (nSPS) is 16.3. The van der Waals surface area contributed by atoms with Gasteiger partial charge in [0.25, 0.3) is 0 Å². The molecule has 162 valence electrons. The number of benzene rings is 2. The Morgan fingerprint density at radius 3 is 2.33 bits per heavy atom. The Morgan fingerprint density at radius 1 is 1.00 bits per heavy atom. The van der Waals surface area contributed by atoms with Gasteiger partial charge >= 0.3 is 6.18 Å². The van der Waals surface area contributed by atoms with Crippen LogP contribution >= 0.6 is 0 Å². The zero-order valence-electron chi connectivity index (χ0n) is 16.8. The third-order valence-corrected chi connectivity index (χ3v) is 5.13. The molecule has 8 heteroatoms. The lowest BCUT2D eigenvalue weighted by molar-refractivity contribution is -0.137. The summed E-state index contributed by atoms with van der Waals surface area (Å²) in [6, 6.07) is 9.90. The first kappa shape index (κ1) is 22.2. The Labute approximate surface area is 173 Å². The molecule has 2 aromatic carbocycles. The number of nitrogens with one attached hydrogen (secondary N) is 1. The van der Waals surface area contributed by atoms with Crippen LogP contribution in [0.3, 0.4) is 0 Å². The lowest BCUT2D eigenvalue weighted by Gasteiger charge is -2.22. The van der Waals surface area contributed by atoms with Gasteiger partial charge in [0.1, 0.15) is 5.82 Å². The first-order valence-electron chi connectivity index (χ1n) is 9.87. The molecule has 30 heavy (non-hydrogen) atoms. The fourth-order valence-corrected chi connectivity index (χ4v) is 3.51. The van der Waals surface area contributed by atoms with Gasteiger partial charge in [-0.1, -0.05) is 18.2 Å². The fourth-order valence-electron chi connectivity index (χ4n) is 3.51. The Hall–Kier alpha value is -2.45. The number of amides is 1. The number of carbonyl (C=O) groups is 1. The van der Waals surface area contributed by atoms with Crippen LogP contribution in [0, 0.1) is 12.7 Å². The van der Waals surface area contributed by atoms with Crippen molar-refractivity contribution in [1.29, 1.82) is 0 Å². The molecule has 1 saturated heterocycles. The highest BCUT2D eigenvalue weighted by atomic mass is 19.4. The van der Waals surface area contributed by atoms with E-state index in [4.69, 9.17) is 0 Å². The number of hydrogen-bond acceptors (Lipinski definition) is 3. The second kappa shape index (κ2) is 9.57. The molecule has 1 amide bonds. The maximum Gasteiger partial charge on any atom is 0.416 e. The summed E-state index contributed by atoms with van der Waals surface area (Å²) in [7, 11) is 0. The van der Waals surface area contributed by atoms with Gasteiger partial charge in [-0.15, -0.1) is 0 Å². The Morgan fingerprint density at radius 2 is 1.67 bits per heavy atom. The van der Waals surface area contributed by atoms with E-state index < -0.39 is 17.6 Å². The van der Waals surface area contributed by atoms with Crippen molar-refractivity contribution in [3.63, 3.8) is 0 Å². The zero-order chi connectivity index (χ0) is 21.7. The molecule has 0 spiro atoms. The average Bonchev–Trinajstić information content (AvgIpc) is 2.89. The molecular formula is C22H25F4N3O. The minimum atomic E-state index is -4.33. The van der Waals surface area contributed by atoms with Crippen LogP contribution in [-0.4, -0.2) is 48.4 Å². The van der Waals surface area contributed by atoms with Crippen molar-refractivity contribution in [2.75, 3.05) is 38.0 Å². The maximum absolute atomic E-state index is 13.9. The summed E-state index contributed by atoms with van der Waals surface area (Å²) in [6.45, 7) is 5.40. The number of hydrogen-bond donors (Lipinski definition) is 1. The quantitative estimate of drug-likeness (QED) is 0.729. The summed E-state index contributed by atoms with van der Waals surface area (Å²) in [5.41, 5.74) is 1.13. The van der Waals surface area contributed by atoms with E-state index in [0.717, 1.165) is 42.8 Å². The number of alkyl halides is 3. The lowest BCUT2D eigenvalue weighted by atomic mass is 10.1. The van der Waals surface area contributed by atoms with Gasteiger partial charge in [-0.05, 0) is 61.8 Å². The van der Waals surface area contributed by atoms with E-state index in [1.165, 1.54) is 18.2 Å². The largest absolute Gasteiger partial charge is 0.416 e. The summed E-state index contributed by atoms with van der Waals surface area (Å²) >= 11 is 0. The van der Waals surface area contributed by atoms with Gasteiger partial charge in [-0.2, -0.15) is 13.2 Å².